The molecule has 1 aromatic carbocycles. The van der Waals surface area contributed by atoms with E-state index in [9.17, 15) is 26.7 Å². The molecule has 0 spiro atoms. The quantitative estimate of drug-likeness (QED) is 0.327. The van der Waals surface area contributed by atoms with Crippen molar-refractivity contribution in [3.8, 4) is 5.75 Å². The van der Waals surface area contributed by atoms with Gasteiger partial charge in [-0.25, -0.2) is 16.8 Å². The zero-order chi connectivity index (χ0) is 34.5. The van der Waals surface area contributed by atoms with Crippen LogP contribution in [-0.4, -0.2) is 93.8 Å². The number of hydrogen-bond donors (Lipinski definition) is 2. The summed E-state index contributed by atoms with van der Waals surface area (Å²) in [4.78, 5) is 15.7. The number of anilines is 1. The van der Waals surface area contributed by atoms with Crippen LogP contribution < -0.4 is 9.46 Å². The first-order valence-electron chi connectivity index (χ1n) is 15.4. The molecule has 1 aliphatic rings. The number of fused-ring (bicyclic) bond motifs is 1. The van der Waals surface area contributed by atoms with Gasteiger partial charge >= 0.3 is 0 Å². The fourth-order valence-electron chi connectivity index (χ4n) is 5.43. The minimum absolute atomic E-state index is 0.0562. The van der Waals surface area contributed by atoms with Crippen LogP contribution in [0.25, 0.3) is 0 Å². The molecule has 0 aliphatic carbocycles. The standard InChI is InChI=1S/C31H44N4O9S3/c1-20-17-35(21(2)19-36)31(37)26-16-25(33-46(38,39)30-23(4)32-44-24(30)5)12-13-27(26)43-22(3)10-7-8-14-42-28(20)18-34(6)47(40,41)29-11-9-15-45-29/h9,11-13,15-16,20-22,28,33,36H,7-8,10,14,17-19H2,1-6H3/t20-,21-,22+,28+/m0/s1. The summed E-state index contributed by atoms with van der Waals surface area (Å²) in [7, 11) is -6.34. The van der Waals surface area contributed by atoms with Gasteiger partial charge in [-0.2, -0.15) is 4.31 Å². The van der Waals surface area contributed by atoms with Crippen LogP contribution in [0, 0.1) is 19.8 Å². The SMILES string of the molecule is Cc1noc(C)c1S(=O)(=O)Nc1ccc2c(c1)C(=O)N([C@@H](C)CO)C[C@H](C)[C@@H](CN(C)S(=O)(=O)c1cccs1)OCCCC[C@@H](C)O2. The summed E-state index contributed by atoms with van der Waals surface area (Å²) in [6, 6.07) is 7.10. The van der Waals surface area contributed by atoms with E-state index in [1.807, 2.05) is 13.8 Å². The molecule has 2 N–H and O–H groups in total. The number of thiophene rings is 1. The van der Waals surface area contributed by atoms with Crippen molar-refractivity contribution in [3.63, 3.8) is 0 Å². The Morgan fingerprint density at radius 3 is 2.55 bits per heavy atom. The van der Waals surface area contributed by atoms with E-state index in [4.69, 9.17) is 14.0 Å². The topological polar surface area (TPSA) is 169 Å². The molecule has 3 heterocycles. The Bertz CT molecular complexity index is 1710. The highest BCUT2D eigenvalue weighted by Crippen LogP contribution is 2.31. The minimum atomic E-state index is -4.11. The van der Waals surface area contributed by atoms with Gasteiger partial charge in [0.05, 0.1) is 30.4 Å². The summed E-state index contributed by atoms with van der Waals surface area (Å²) in [5.74, 6) is -0.447. The van der Waals surface area contributed by atoms with Gasteiger partial charge in [-0.3, -0.25) is 9.52 Å². The van der Waals surface area contributed by atoms with Crippen LogP contribution in [0.15, 0.2) is 49.3 Å². The van der Waals surface area contributed by atoms with E-state index in [0.717, 1.165) is 17.8 Å². The number of benzene rings is 1. The maximum atomic E-state index is 14.3. The van der Waals surface area contributed by atoms with E-state index in [1.165, 1.54) is 42.2 Å². The molecular formula is C31H44N4O9S3. The van der Waals surface area contributed by atoms with Crippen molar-refractivity contribution >= 4 is 43.0 Å². The van der Waals surface area contributed by atoms with Gasteiger partial charge in [0, 0.05) is 38.3 Å². The summed E-state index contributed by atoms with van der Waals surface area (Å²) in [6.07, 6.45) is 1.28. The van der Waals surface area contributed by atoms with E-state index >= 15 is 0 Å². The van der Waals surface area contributed by atoms with Crippen LogP contribution in [0.1, 0.15) is 61.8 Å². The summed E-state index contributed by atoms with van der Waals surface area (Å²) in [5, 5.41) is 15.6. The Kier molecular flexibility index (Phi) is 12.1. The fourth-order valence-corrected chi connectivity index (χ4v) is 9.19. The maximum Gasteiger partial charge on any atom is 0.267 e. The number of rotatable bonds is 9. The molecule has 2 aromatic heterocycles. The number of carbonyl (C=O) groups excluding carboxylic acids is 1. The van der Waals surface area contributed by atoms with Crippen LogP contribution in [0.2, 0.25) is 0 Å². The van der Waals surface area contributed by atoms with E-state index in [1.54, 1.807) is 30.5 Å². The van der Waals surface area contributed by atoms with Crippen molar-refractivity contribution in [3.05, 3.63) is 52.7 Å². The molecule has 1 aliphatic heterocycles. The lowest BCUT2D eigenvalue weighted by Gasteiger charge is -2.35. The van der Waals surface area contributed by atoms with Gasteiger partial charge in [0.25, 0.3) is 26.0 Å². The lowest BCUT2D eigenvalue weighted by molar-refractivity contribution is -0.00832. The van der Waals surface area contributed by atoms with Gasteiger partial charge in [0.15, 0.2) is 10.7 Å². The monoisotopic (exact) mass is 712 g/mol. The third-order valence-corrected chi connectivity index (χ3v) is 13.0. The number of amides is 1. The summed E-state index contributed by atoms with van der Waals surface area (Å²) >= 11 is 1.14. The highest BCUT2D eigenvalue weighted by Gasteiger charge is 2.33. The fraction of sp³-hybridized carbons (Fsp3) is 0.548. The van der Waals surface area contributed by atoms with E-state index < -0.39 is 38.1 Å². The number of aliphatic hydroxyl groups excluding tert-OH is 1. The number of hydrogen-bond acceptors (Lipinski definition) is 11. The Balaban J connectivity index is 1.69. The van der Waals surface area contributed by atoms with Gasteiger partial charge in [0.2, 0.25) is 0 Å². The molecule has 0 bridgehead atoms. The second-order valence-electron chi connectivity index (χ2n) is 12.0. The van der Waals surface area contributed by atoms with E-state index in [-0.39, 0.29) is 69.3 Å². The third kappa shape index (κ3) is 8.72. The van der Waals surface area contributed by atoms with Crippen LogP contribution >= 0.6 is 11.3 Å². The zero-order valence-corrected chi connectivity index (χ0v) is 30.0. The number of sulfonamides is 2. The number of nitrogens with one attached hydrogen (secondary N) is 1. The van der Waals surface area contributed by atoms with Crippen molar-refractivity contribution in [2.75, 3.05) is 38.1 Å². The van der Waals surface area contributed by atoms with E-state index in [0.29, 0.717) is 19.4 Å². The molecule has 47 heavy (non-hydrogen) atoms. The van der Waals surface area contributed by atoms with Crippen LogP contribution in [-0.2, 0) is 24.8 Å². The van der Waals surface area contributed by atoms with Crippen molar-refractivity contribution in [2.45, 2.75) is 81.2 Å². The van der Waals surface area contributed by atoms with Gasteiger partial charge in [-0.1, -0.05) is 18.1 Å². The molecular weight excluding hydrogens is 669 g/mol. The molecule has 0 radical (unpaired) electrons. The zero-order valence-electron chi connectivity index (χ0n) is 27.5. The summed E-state index contributed by atoms with van der Waals surface area (Å²) in [6.45, 7) is 8.70. The van der Waals surface area contributed by atoms with Crippen LogP contribution in [0.3, 0.4) is 0 Å². The maximum absolute atomic E-state index is 14.3. The predicted octanol–water partition coefficient (Wildman–Crippen LogP) is 4.27. The average molecular weight is 713 g/mol. The smallest absolute Gasteiger partial charge is 0.267 e. The molecule has 4 atom stereocenters. The normalized spacial score (nSPS) is 21.1. The predicted molar refractivity (Wildman–Crippen MR) is 178 cm³/mol. The molecule has 3 aromatic rings. The number of ether oxygens (including phenoxy) is 2. The Labute approximate surface area is 280 Å². The molecule has 16 heteroatoms. The molecule has 1 amide bonds. The Morgan fingerprint density at radius 1 is 1.17 bits per heavy atom. The molecule has 0 saturated heterocycles. The van der Waals surface area contributed by atoms with Crippen molar-refractivity contribution in [2.24, 2.45) is 5.92 Å². The molecule has 0 fully saturated rings. The summed E-state index contributed by atoms with van der Waals surface area (Å²) < 4.78 is 74.6. The van der Waals surface area contributed by atoms with Gasteiger partial charge in [-0.05, 0) is 76.6 Å². The highest BCUT2D eigenvalue weighted by atomic mass is 32.2. The minimum Gasteiger partial charge on any atom is -0.490 e. The second-order valence-corrected chi connectivity index (χ2v) is 16.8. The number of aliphatic hydroxyl groups is 1. The highest BCUT2D eigenvalue weighted by molar-refractivity contribution is 7.92. The molecule has 260 valence electrons. The first-order valence-corrected chi connectivity index (χ1v) is 19.3. The third-order valence-electron chi connectivity index (χ3n) is 8.14. The first-order chi connectivity index (χ1) is 22.1. The number of aromatic nitrogens is 1. The number of aryl methyl sites for hydroxylation is 2. The Hall–Kier alpha value is -3.02. The van der Waals surface area contributed by atoms with Gasteiger partial charge in [-0.15, -0.1) is 11.3 Å². The largest absolute Gasteiger partial charge is 0.490 e. The molecule has 4 rings (SSSR count). The second kappa shape index (κ2) is 15.5. The number of likely N-dealkylation sites (N-methyl/N-ethyl adjacent to an activating group) is 1. The molecule has 0 saturated carbocycles. The lowest BCUT2D eigenvalue weighted by Crippen LogP contribution is -2.48. The molecule has 13 nitrogen and oxygen atoms in total. The Morgan fingerprint density at radius 2 is 1.91 bits per heavy atom. The van der Waals surface area contributed by atoms with Crippen LogP contribution in [0.5, 0.6) is 5.75 Å². The van der Waals surface area contributed by atoms with Crippen molar-refractivity contribution in [1.29, 1.82) is 0 Å². The number of carbonyl (C=O) groups is 1. The van der Waals surface area contributed by atoms with Gasteiger partial charge < -0.3 is 24.0 Å². The van der Waals surface area contributed by atoms with Gasteiger partial charge in [0.1, 0.15) is 15.7 Å². The van der Waals surface area contributed by atoms with Crippen LogP contribution in [0.4, 0.5) is 5.69 Å². The number of nitrogens with zero attached hydrogens (tertiary/aromatic N) is 3. The summed E-state index contributed by atoms with van der Waals surface area (Å²) in [5.41, 5.74) is 0.431. The first kappa shape index (κ1) is 36.8. The van der Waals surface area contributed by atoms with E-state index in [2.05, 4.69) is 9.88 Å². The van der Waals surface area contributed by atoms with Crippen molar-refractivity contribution in [1.82, 2.24) is 14.4 Å². The molecule has 0 unspecified atom stereocenters. The average Bonchev–Trinajstić information content (AvgIpc) is 3.69. The lowest BCUT2D eigenvalue weighted by atomic mass is 10.0. The van der Waals surface area contributed by atoms with Crippen molar-refractivity contribution < 1.29 is 40.7 Å².